The van der Waals surface area contributed by atoms with Gasteiger partial charge in [0.05, 0.1) is 34.6 Å². The highest BCUT2D eigenvalue weighted by molar-refractivity contribution is 9.10. The van der Waals surface area contributed by atoms with Gasteiger partial charge in [0.25, 0.3) is 5.91 Å². The van der Waals surface area contributed by atoms with E-state index in [9.17, 15) is 4.79 Å². The van der Waals surface area contributed by atoms with Gasteiger partial charge in [-0.15, -0.1) is 0 Å². The number of rotatable bonds is 6. The lowest BCUT2D eigenvalue weighted by atomic mass is 9.73. The molecule has 38 heavy (non-hydrogen) atoms. The van der Waals surface area contributed by atoms with E-state index in [2.05, 4.69) is 60.2 Å². The van der Waals surface area contributed by atoms with Crippen molar-refractivity contribution in [2.45, 2.75) is 18.4 Å². The molecule has 0 radical (unpaired) electrons. The van der Waals surface area contributed by atoms with Crippen LogP contribution in [0.2, 0.25) is 0 Å². The summed E-state index contributed by atoms with van der Waals surface area (Å²) in [6.07, 6.45) is 3.60. The SMILES string of the molecule is COc1cc(N2CC3(CN(C)C3)C2)ccc1Nc1ncc(Br)c(Oc2cccc3c2C(=O)N(C)C32CC2)n1. The van der Waals surface area contributed by atoms with E-state index in [1.165, 1.54) is 13.1 Å². The number of fused-ring (bicyclic) bond motifs is 2. The summed E-state index contributed by atoms with van der Waals surface area (Å²) in [6.45, 7) is 4.49. The molecule has 0 bridgehead atoms. The molecule has 1 aromatic heterocycles. The molecule has 0 unspecified atom stereocenters. The summed E-state index contributed by atoms with van der Waals surface area (Å²) in [6, 6.07) is 11.9. The number of carbonyl (C=O) groups excluding carboxylic acids is 1. The fourth-order valence-electron chi connectivity index (χ4n) is 6.42. The first kappa shape index (κ1) is 23.7. The van der Waals surface area contributed by atoms with Crippen LogP contribution in [0.15, 0.2) is 47.1 Å². The molecule has 1 N–H and O–H groups in total. The number of aromatic nitrogens is 2. The number of nitrogens with one attached hydrogen (secondary N) is 1. The summed E-state index contributed by atoms with van der Waals surface area (Å²) < 4.78 is 12.5. The minimum absolute atomic E-state index is 0.0149. The van der Waals surface area contributed by atoms with E-state index in [1.54, 1.807) is 13.3 Å². The van der Waals surface area contributed by atoms with Gasteiger partial charge in [-0.3, -0.25) is 4.79 Å². The van der Waals surface area contributed by atoms with Crippen LogP contribution in [-0.2, 0) is 5.54 Å². The third-order valence-corrected chi connectivity index (χ3v) is 8.93. The van der Waals surface area contributed by atoms with Crippen LogP contribution >= 0.6 is 15.9 Å². The normalized spacial score (nSPS) is 20.3. The fraction of sp³-hybridized carbons (Fsp3) is 0.393. The predicted molar refractivity (Wildman–Crippen MR) is 148 cm³/mol. The minimum Gasteiger partial charge on any atom is -0.494 e. The number of nitrogens with zero attached hydrogens (tertiary/aromatic N) is 5. The Bertz CT molecular complexity index is 1460. The fourth-order valence-corrected chi connectivity index (χ4v) is 6.70. The minimum atomic E-state index is -0.172. The number of methoxy groups -OCH3 is 1. The van der Waals surface area contributed by atoms with Crippen LogP contribution in [0.4, 0.5) is 17.3 Å². The number of amides is 1. The molecule has 4 heterocycles. The van der Waals surface area contributed by atoms with E-state index < -0.39 is 0 Å². The van der Waals surface area contributed by atoms with Crippen LogP contribution in [0.1, 0.15) is 28.8 Å². The summed E-state index contributed by atoms with van der Waals surface area (Å²) in [4.78, 5) is 28.7. The van der Waals surface area contributed by atoms with Crippen LogP contribution in [0.3, 0.4) is 0 Å². The molecule has 9 nitrogen and oxygen atoms in total. The summed E-state index contributed by atoms with van der Waals surface area (Å²) in [7, 11) is 5.70. The summed E-state index contributed by atoms with van der Waals surface area (Å²) in [5.74, 6) is 1.89. The molecule has 1 aliphatic carbocycles. The lowest BCUT2D eigenvalue weighted by Crippen LogP contribution is -2.71. The molecule has 2 aromatic carbocycles. The zero-order chi connectivity index (χ0) is 26.2. The van der Waals surface area contributed by atoms with E-state index in [0.29, 0.717) is 38.8 Å². The van der Waals surface area contributed by atoms with Crippen molar-refractivity contribution in [1.82, 2.24) is 19.8 Å². The van der Waals surface area contributed by atoms with Gasteiger partial charge >= 0.3 is 0 Å². The largest absolute Gasteiger partial charge is 0.494 e. The summed E-state index contributed by atoms with van der Waals surface area (Å²) >= 11 is 3.50. The molecule has 3 aromatic rings. The van der Waals surface area contributed by atoms with Crippen molar-refractivity contribution in [3.8, 4) is 17.4 Å². The Morgan fingerprint density at radius 2 is 1.84 bits per heavy atom. The Morgan fingerprint density at radius 1 is 1.05 bits per heavy atom. The molecule has 2 saturated heterocycles. The average molecular weight is 577 g/mol. The number of hydrogen-bond acceptors (Lipinski definition) is 8. The Kier molecular flexibility index (Phi) is 5.19. The van der Waals surface area contributed by atoms with Gasteiger partial charge < -0.3 is 29.5 Å². The van der Waals surface area contributed by atoms with Crippen molar-refractivity contribution in [2.75, 3.05) is 57.6 Å². The highest BCUT2D eigenvalue weighted by Gasteiger charge is 2.57. The van der Waals surface area contributed by atoms with Crippen LogP contribution in [0.5, 0.6) is 17.4 Å². The number of likely N-dealkylation sites (tertiary alicyclic amines) is 1. The molecular formula is C28H29BrN6O3. The average Bonchev–Trinajstić information content (AvgIpc) is 3.65. The van der Waals surface area contributed by atoms with E-state index in [-0.39, 0.29) is 11.4 Å². The van der Waals surface area contributed by atoms with Gasteiger partial charge in [0.2, 0.25) is 11.8 Å². The Labute approximate surface area is 229 Å². The number of hydrogen-bond donors (Lipinski definition) is 1. The van der Waals surface area contributed by atoms with Gasteiger partial charge in [0, 0.05) is 50.4 Å². The van der Waals surface area contributed by atoms with Gasteiger partial charge in [-0.05, 0) is 59.6 Å². The molecule has 10 heteroatoms. The zero-order valence-electron chi connectivity index (χ0n) is 21.6. The maximum atomic E-state index is 13.1. The smallest absolute Gasteiger partial charge is 0.258 e. The number of carbonyl (C=O) groups is 1. The van der Waals surface area contributed by atoms with Crippen molar-refractivity contribution < 1.29 is 14.3 Å². The summed E-state index contributed by atoms with van der Waals surface area (Å²) in [5, 5.41) is 3.27. The lowest BCUT2D eigenvalue weighted by Gasteiger charge is -2.60. The molecule has 1 amide bonds. The Morgan fingerprint density at radius 3 is 2.55 bits per heavy atom. The molecule has 1 saturated carbocycles. The Hall–Kier alpha value is -3.37. The van der Waals surface area contributed by atoms with E-state index in [4.69, 9.17) is 9.47 Å². The number of halogens is 1. The highest BCUT2D eigenvalue weighted by Crippen LogP contribution is 2.57. The highest BCUT2D eigenvalue weighted by atomic mass is 79.9. The van der Waals surface area contributed by atoms with Crippen molar-refractivity contribution >= 4 is 39.2 Å². The zero-order valence-corrected chi connectivity index (χ0v) is 23.2. The van der Waals surface area contributed by atoms with Crippen LogP contribution < -0.4 is 19.7 Å². The topological polar surface area (TPSA) is 83.1 Å². The molecule has 3 fully saturated rings. The predicted octanol–water partition coefficient (Wildman–Crippen LogP) is 4.61. The third kappa shape index (κ3) is 3.57. The van der Waals surface area contributed by atoms with Gasteiger partial charge in [-0.25, -0.2) is 4.98 Å². The van der Waals surface area contributed by atoms with Crippen LogP contribution in [0, 0.1) is 5.41 Å². The van der Waals surface area contributed by atoms with Crippen LogP contribution in [-0.4, -0.2) is 73.1 Å². The van der Waals surface area contributed by atoms with Gasteiger partial charge in [0.1, 0.15) is 11.5 Å². The van der Waals surface area contributed by atoms with Crippen LogP contribution in [0.25, 0.3) is 0 Å². The maximum absolute atomic E-state index is 13.1. The first-order valence-electron chi connectivity index (χ1n) is 12.8. The Balaban J connectivity index is 1.11. The number of anilines is 3. The van der Waals surface area contributed by atoms with E-state index in [0.717, 1.165) is 42.9 Å². The molecule has 3 aliphatic heterocycles. The third-order valence-electron chi connectivity index (χ3n) is 8.39. The van der Waals surface area contributed by atoms with Crippen molar-refractivity contribution in [3.05, 3.63) is 58.2 Å². The molecule has 196 valence electrons. The molecule has 0 atom stereocenters. The molecule has 2 spiro atoms. The van der Waals surface area contributed by atoms with Gasteiger partial charge in [0.15, 0.2) is 0 Å². The van der Waals surface area contributed by atoms with E-state index >= 15 is 0 Å². The maximum Gasteiger partial charge on any atom is 0.258 e. The second-order valence-corrected chi connectivity index (χ2v) is 11.9. The molecule has 4 aliphatic rings. The van der Waals surface area contributed by atoms with Gasteiger partial charge in [-0.2, -0.15) is 4.98 Å². The molecule has 7 rings (SSSR count). The van der Waals surface area contributed by atoms with Crippen molar-refractivity contribution in [2.24, 2.45) is 5.41 Å². The lowest BCUT2D eigenvalue weighted by molar-refractivity contribution is -0.00240. The first-order valence-corrected chi connectivity index (χ1v) is 13.6. The quantitative estimate of drug-likeness (QED) is 0.455. The number of ether oxygens (including phenoxy) is 2. The van der Waals surface area contributed by atoms with Gasteiger partial charge in [-0.1, -0.05) is 12.1 Å². The summed E-state index contributed by atoms with van der Waals surface area (Å²) in [5.41, 5.74) is 3.85. The number of benzene rings is 2. The second kappa shape index (κ2) is 8.31. The monoisotopic (exact) mass is 576 g/mol. The van der Waals surface area contributed by atoms with Crippen molar-refractivity contribution in [1.29, 1.82) is 0 Å². The second-order valence-electron chi connectivity index (χ2n) is 11.1. The first-order chi connectivity index (χ1) is 18.3. The van der Waals surface area contributed by atoms with E-state index in [1.807, 2.05) is 36.2 Å². The standard InChI is InChI=1S/C28H29BrN6O3/c1-33-13-27(14-33)15-35(16-27)17-7-8-20(22(11-17)37-3)31-26-30-12-19(29)24(32-26)38-21-6-4-5-18-23(21)25(36)34(2)28(18)9-10-28/h4-8,11-12H,9-10,13-16H2,1-3H3,(H,30,31,32). The molecular weight excluding hydrogens is 548 g/mol. The van der Waals surface area contributed by atoms with Crippen molar-refractivity contribution in [3.63, 3.8) is 0 Å².